The van der Waals surface area contributed by atoms with Crippen molar-refractivity contribution in [3.63, 3.8) is 0 Å². The first-order valence-electron chi connectivity index (χ1n) is 9.90. The van der Waals surface area contributed by atoms with Crippen LogP contribution in [0.3, 0.4) is 0 Å². The van der Waals surface area contributed by atoms with Gasteiger partial charge < -0.3 is 15.3 Å². The van der Waals surface area contributed by atoms with Gasteiger partial charge in [0.25, 0.3) is 0 Å². The van der Waals surface area contributed by atoms with Gasteiger partial charge in [0.2, 0.25) is 0 Å². The number of carbonyl (C=O) groups is 2. The second kappa shape index (κ2) is 5.49. The summed E-state index contributed by atoms with van der Waals surface area (Å²) in [5, 5.41) is 32.2. The average Bonchev–Trinajstić information content (AvgIpc) is 2.83. The van der Waals surface area contributed by atoms with E-state index in [1.54, 1.807) is 0 Å². The van der Waals surface area contributed by atoms with Gasteiger partial charge in [-0.2, -0.15) is 0 Å². The number of hydrogen-bond donors (Lipinski definition) is 3. The first-order chi connectivity index (χ1) is 12.0. The first kappa shape index (κ1) is 18.3. The van der Waals surface area contributed by atoms with E-state index in [0.29, 0.717) is 19.3 Å². The zero-order chi connectivity index (χ0) is 19.1. The summed E-state index contributed by atoms with van der Waals surface area (Å²) in [6, 6.07) is 0. The molecule has 0 aromatic heterocycles. The van der Waals surface area contributed by atoms with E-state index in [1.807, 2.05) is 6.92 Å². The summed E-state index contributed by atoms with van der Waals surface area (Å²) in [7, 11) is 0. The van der Waals surface area contributed by atoms with Gasteiger partial charge in [0.1, 0.15) is 11.7 Å². The normalized spacial score (nSPS) is 53.4. The highest BCUT2D eigenvalue weighted by Gasteiger charge is 2.66. The summed E-state index contributed by atoms with van der Waals surface area (Å²) in [4.78, 5) is 24.2. The molecule has 0 aliphatic heterocycles. The fourth-order valence-corrected chi connectivity index (χ4v) is 7.26. The Bertz CT molecular complexity index is 699. The summed E-state index contributed by atoms with van der Waals surface area (Å²) in [6.45, 7) is 5.60. The van der Waals surface area contributed by atoms with Crippen LogP contribution in [0.15, 0.2) is 11.6 Å². The van der Waals surface area contributed by atoms with Crippen molar-refractivity contribution < 1.29 is 24.9 Å². The number of aliphatic hydroxyl groups excluding tert-OH is 2. The van der Waals surface area contributed by atoms with Gasteiger partial charge in [-0.15, -0.1) is 0 Å². The first-order valence-corrected chi connectivity index (χ1v) is 9.90. The maximum absolute atomic E-state index is 12.2. The fraction of sp³-hybridized carbons (Fsp3) is 0.810. The number of ketones is 2. The van der Waals surface area contributed by atoms with Crippen LogP contribution in [0.5, 0.6) is 0 Å². The lowest BCUT2D eigenvalue weighted by Gasteiger charge is -2.60. The molecule has 4 aliphatic carbocycles. The summed E-state index contributed by atoms with van der Waals surface area (Å²) in [5.41, 5.74) is -1.35. The molecule has 5 nitrogen and oxygen atoms in total. The van der Waals surface area contributed by atoms with E-state index in [9.17, 15) is 24.9 Å². The molecule has 0 bridgehead atoms. The molecule has 2 unspecified atom stereocenters. The van der Waals surface area contributed by atoms with Crippen molar-refractivity contribution in [1.82, 2.24) is 0 Å². The topological polar surface area (TPSA) is 94.8 Å². The molecule has 4 rings (SSSR count). The van der Waals surface area contributed by atoms with Crippen molar-refractivity contribution in [3.05, 3.63) is 11.6 Å². The van der Waals surface area contributed by atoms with Gasteiger partial charge in [0.15, 0.2) is 11.6 Å². The van der Waals surface area contributed by atoms with Crippen molar-refractivity contribution in [2.45, 2.75) is 77.1 Å². The molecule has 3 saturated carbocycles. The molecule has 0 spiro atoms. The number of hydrogen-bond acceptors (Lipinski definition) is 5. The van der Waals surface area contributed by atoms with Crippen LogP contribution in [0.4, 0.5) is 0 Å². The Morgan fingerprint density at radius 2 is 1.77 bits per heavy atom. The summed E-state index contributed by atoms with van der Waals surface area (Å²) >= 11 is 0. The Hall–Kier alpha value is -1.04. The molecule has 4 aliphatic rings. The van der Waals surface area contributed by atoms with Gasteiger partial charge in [0.05, 0.1) is 6.10 Å². The molecule has 26 heavy (non-hydrogen) atoms. The molecule has 144 valence electrons. The van der Waals surface area contributed by atoms with Crippen molar-refractivity contribution in [2.24, 2.45) is 28.6 Å². The third-order valence-corrected chi connectivity index (χ3v) is 8.75. The molecule has 0 aromatic rings. The van der Waals surface area contributed by atoms with Crippen molar-refractivity contribution in [2.75, 3.05) is 0 Å². The maximum Gasteiger partial charge on any atom is 0.184 e. The molecule has 0 saturated heterocycles. The molecule has 0 heterocycles. The Morgan fingerprint density at radius 3 is 2.42 bits per heavy atom. The molecule has 8 atom stereocenters. The van der Waals surface area contributed by atoms with Crippen LogP contribution in [0.1, 0.15) is 59.3 Å². The van der Waals surface area contributed by atoms with Gasteiger partial charge in [-0.25, -0.2) is 0 Å². The number of carbonyl (C=O) groups excluding carboxylic acids is 2. The smallest absolute Gasteiger partial charge is 0.184 e. The standard InChI is InChI=1S/C21H30O5/c1-11(22)21(26)7-5-14-12-8-16(23)15-9-17(24)18(25)10-19(15,2)13(12)4-6-20(14,21)3/h9,12-14,16,18,23,25-26H,4-8,10H2,1-3H3/t12-,13+,14+,16?,18?,19-,20+,21+/m1/s1. The molecular formula is C21H30O5. The maximum atomic E-state index is 12.2. The van der Waals surface area contributed by atoms with Crippen LogP contribution in [-0.2, 0) is 9.59 Å². The SMILES string of the molecule is CC(=O)[C@@]1(O)CC[C@H]2[C@@H]3CC(O)C4=CC(=O)C(O)C[C@]4(C)[C@H]3CC[C@@]21C. The molecule has 3 N–H and O–H groups in total. The monoisotopic (exact) mass is 362 g/mol. The van der Waals surface area contributed by atoms with Crippen molar-refractivity contribution in [1.29, 1.82) is 0 Å². The van der Waals surface area contributed by atoms with E-state index in [2.05, 4.69) is 6.92 Å². The van der Waals surface area contributed by atoms with Crippen LogP contribution in [0, 0.1) is 28.6 Å². The molecule has 3 fully saturated rings. The molecule has 0 amide bonds. The average molecular weight is 362 g/mol. The summed E-state index contributed by atoms with van der Waals surface area (Å²) < 4.78 is 0. The lowest BCUT2D eigenvalue weighted by Crippen LogP contribution is -2.59. The second-order valence-electron chi connectivity index (χ2n) is 9.68. The van der Waals surface area contributed by atoms with Crippen LogP contribution >= 0.6 is 0 Å². The van der Waals surface area contributed by atoms with Gasteiger partial charge in [0, 0.05) is 5.41 Å². The minimum Gasteiger partial charge on any atom is -0.389 e. The number of rotatable bonds is 1. The van der Waals surface area contributed by atoms with Gasteiger partial charge in [-0.1, -0.05) is 13.8 Å². The highest BCUT2D eigenvalue weighted by Crippen LogP contribution is 2.67. The minimum absolute atomic E-state index is 0.150. The van der Waals surface area contributed by atoms with E-state index in [4.69, 9.17) is 0 Å². The Morgan fingerprint density at radius 1 is 1.12 bits per heavy atom. The highest BCUT2D eigenvalue weighted by atomic mass is 16.3. The number of aliphatic hydroxyl groups is 3. The van der Waals surface area contributed by atoms with Crippen molar-refractivity contribution in [3.8, 4) is 0 Å². The predicted octanol–water partition coefficient (Wildman–Crippen LogP) is 1.78. The Balaban J connectivity index is 1.74. The number of Topliss-reactive ketones (excluding diaryl/α,β-unsaturated/α-hetero) is 1. The van der Waals surface area contributed by atoms with E-state index < -0.39 is 28.6 Å². The van der Waals surface area contributed by atoms with Crippen LogP contribution in [0.25, 0.3) is 0 Å². The van der Waals surface area contributed by atoms with E-state index in [1.165, 1.54) is 13.0 Å². The molecule has 5 heteroatoms. The summed E-state index contributed by atoms with van der Waals surface area (Å²) in [5.74, 6) is 0.176. The number of fused-ring (bicyclic) bond motifs is 5. The van der Waals surface area contributed by atoms with Gasteiger partial charge in [-0.3, -0.25) is 9.59 Å². The third kappa shape index (κ3) is 2.08. The van der Waals surface area contributed by atoms with Gasteiger partial charge in [-0.05, 0) is 80.3 Å². The lowest BCUT2D eigenvalue weighted by molar-refractivity contribution is -0.163. The quantitative estimate of drug-likeness (QED) is 0.661. The minimum atomic E-state index is -1.27. The van der Waals surface area contributed by atoms with E-state index in [-0.39, 0.29) is 29.3 Å². The zero-order valence-corrected chi connectivity index (χ0v) is 15.9. The van der Waals surface area contributed by atoms with Crippen molar-refractivity contribution >= 4 is 11.6 Å². The van der Waals surface area contributed by atoms with E-state index >= 15 is 0 Å². The second-order valence-corrected chi connectivity index (χ2v) is 9.68. The molecular weight excluding hydrogens is 332 g/mol. The summed E-state index contributed by atoms with van der Waals surface area (Å²) in [6.07, 6.45) is 3.60. The largest absolute Gasteiger partial charge is 0.389 e. The lowest BCUT2D eigenvalue weighted by atomic mass is 9.45. The Kier molecular flexibility index (Phi) is 3.87. The molecule has 0 radical (unpaired) electrons. The van der Waals surface area contributed by atoms with Crippen LogP contribution in [0.2, 0.25) is 0 Å². The van der Waals surface area contributed by atoms with Gasteiger partial charge >= 0.3 is 0 Å². The van der Waals surface area contributed by atoms with Crippen LogP contribution < -0.4 is 0 Å². The predicted molar refractivity (Wildman–Crippen MR) is 95.1 cm³/mol. The third-order valence-electron chi connectivity index (χ3n) is 8.75. The Labute approximate surface area is 154 Å². The highest BCUT2D eigenvalue weighted by molar-refractivity contribution is 5.95. The molecule has 0 aromatic carbocycles. The fourth-order valence-electron chi connectivity index (χ4n) is 7.26. The van der Waals surface area contributed by atoms with E-state index in [0.717, 1.165) is 24.8 Å². The van der Waals surface area contributed by atoms with Crippen LogP contribution in [-0.4, -0.2) is 44.7 Å². The zero-order valence-electron chi connectivity index (χ0n) is 15.9.